The van der Waals surface area contributed by atoms with Gasteiger partial charge in [-0.3, -0.25) is 5.43 Å². The maximum Gasteiger partial charge on any atom is 0.194 e. The molecule has 0 aromatic heterocycles. The average Bonchev–Trinajstić information content (AvgIpc) is 2.26. The van der Waals surface area contributed by atoms with E-state index in [0.29, 0.717) is 11.4 Å². The first kappa shape index (κ1) is 10.5. The summed E-state index contributed by atoms with van der Waals surface area (Å²) in [6, 6.07) is 1.77. The van der Waals surface area contributed by atoms with Crippen molar-refractivity contribution >= 4 is 5.71 Å². The van der Waals surface area contributed by atoms with Gasteiger partial charge in [0, 0.05) is 11.3 Å². The summed E-state index contributed by atoms with van der Waals surface area (Å²) in [5.41, 5.74) is 3.58. The molecule has 16 heavy (non-hydrogen) atoms. The Labute approximate surface area is 89.8 Å². The van der Waals surface area contributed by atoms with Crippen LogP contribution in [0.3, 0.4) is 0 Å². The quantitative estimate of drug-likeness (QED) is 0.728. The van der Waals surface area contributed by atoms with Crippen LogP contribution in [0, 0.1) is 17.5 Å². The minimum Gasteiger partial charge on any atom is -0.279 e. The zero-order valence-corrected chi connectivity index (χ0v) is 8.10. The van der Waals surface area contributed by atoms with Gasteiger partial charge < -0.3 is 0 Å². The van der Waals surface area contributed by atoms with Crippen LogP contribution >= 0.6 is 0 Å². The number of benzene rings is 1. The van der Waals surface area contributed by atoms with E-state index in [2.05, 4.69) is 17.1 Å². The largest absolute Gasteiger partial charge is 0.279 e. The van der Waals surface area contributed by atoms with Crippen molar-refractivity contribution in [3.63, 3.8) is 0 Å². The molecule has 1 aliphatic heterocycles. The summed E-state index contributed by atoms with van der Waals surface area (Å²) in [4.78, 5) is 0. The fraction of sp³-hybridized carbons (Fsp3) is 0. The monoisotopic (exact) mass is 224 g/mol. The number of hydrogen-bond donors (Lipinski definition) is 1. The van der Waals surface area contributed by atoms with E-state index < -0.39 is 17.5 Å². The van der Waals surface area contributed by atoms with Crippen LogP contribution in [-0.2, 0) is 0 Å². The first-order chi connectivity index (χ1) is 7.58. The summed E-state index contributed by atoms with van der Waals surface area (Å²) < 4.78 is 38.6. The van der Waals surface area contributed by atoms with Crippen molar-refractivity contribution in [1.82, 2.24) is 5.43 Å². The highest BCUT2D eigenvalue weighted by Crippen LogP contribution is 2.15. The lowest BCUT2D eigenvalue weighted by Crippen LogP contribution is -2.13. The summed E-state index contributed by atoms with van der Waals surface area (Å²) in [6.45, 7) is 3.58. The highest BCUT2D eigenvalue weighted by atomic mass is 19.2. The lowest BCUT2D eigenvalue weighted by molar-refractivity contribution is 0.447. The molecule has 2 rings (SSSR count). The second-order valence-corrected chi connectivity index (χ2v) is 3.22. The van der Waals surface area contributed by atoms with Gasteiger partial charge >= 0.3 is 0 Å². The average molecular weight is 224 g/mol. The third kappa shape index (κ3) is 1.84. The van der Waals surface area contributed by atoms with Crippen LogP contribution in [0.2, 0.25) is 0 Å². The Hall–Kier alpha value is -2.04. The van der Waals surface area contributed by atoms with Gasteiger partial charge in [0.05, 0.1) is 5.71 Å². The molecule has 0 spiro atoms. The van der Waals surface area contributed by atoms with Crippen LogP contribution in [0.4, 0.5) is 13.2 Å². The minimum absolute atomic E-state index is 0.160. The molecule has 1 aromatic carbocycles. The Kier molecular flexibility index (Phi) is 2.52. The number of hydrazone groups is 1. The topological polar surface area (TPSA) is 24.4 Å². The van der Waals surface area contributed by atoms with E-state index in [4.69, 9.17) is 0 Å². The molecule has 0 aliphatic carbocycles. The maximum atomic E-state index is 12.9. The minimum atomic E-state index is -1.48. The first-order valence-corrected chi connectivity index (χ1v) is 4.43. The Morgan fingerprint density at radius 3 is 2.19 bits per heavy atom. The molecular weight excluding hydrogens is 217 g/mol. The molecule has 0 unspecified atom stereocenters. The fourth-order valence-electron chi connectivity index (χ4n) is 1.25. The molecule has 1 heterocycles. The van der Waals surface area contributed by atoms with Gasteiger partial charge in [0.25, 0.3) is 0 Å². The summed E-state index contributed by atoms with van der Waals surface area (Å²) in [6.07, 6.45) is 3.13. The zero-order chi connectivity index (χ0) is 11.7. The molecule has 0 saturated carbocycles. The SMILES string of the molecule is C=C1C=CC(c2cc(F)c(F)c(F)c2)=NN1. The molecule has 5 heteroatoms. The summed E-state index contributed by atoms with van der Waals surface area (Å²) >= 11 is 0. The number of allylic oxidation sites excluding steroid dienone is 2. The van der Waals surface area contributed by atoms with Crippen LogP contribution in [0.5, 0.6) is 0 Å². The molecule has 2 nitrogen and oxygen atoms in total. The van der Waals surface area contributed by atoms with Crippen LogP contribution in [0.1, 0.15) is 5.56 Å². The predicted octanol–water partition coefficient (Wildman–Crippen LogP) is 2.48. The van der Waals surface area contributed by atoms with Gasteiger partial charge in [0.1, 0.15) is 0 Å². The second kappa shape index (κ2) is 3.84. The lowest BCUT2D eigenvalue weighted by atomic mass is 10.1. The Balaban J connectivity index is 2.43. The molecule has 0 amide bonds. The van der Waals surface area contributed by atoms with Gasteiger partial charge in [0.15, 0.2) is 17.5 Å². The van der Waals surface area contributed by atoms with Gasteiger partial charge in [0.2, 0.25) is 0 Å². The standard InChI is InChI=1S/C11H7F3N2/c1-6-2-3-10(16-15-6)7-4-8(12)11(14)9(13)5-7/h2-5,15H,1H2. The predicted molar refractivity (Wildman–Crippen MR) is 54.3 cm³/mol. The van der Waals surface area contributed by atoms with Crippen molar-refractivity contribution in [2.45, 2.75) is 0 Å². The van der Waals surface area contributed by atoms with Crippen molar-refractivity contribution in [3.05, 3.63) is 59.6 Å². The highest BCUT2D eigenvalue weighted by molar-refractivity contribution is 6.09. The first-order valence-electron chi connectivity index (χ1n) is 4.43. The van der Waals surface area contributed by atoms with Crippen molar-refractivity contribution in [2.24, 2.45) is 5.10 Å². The van der Waals surface area contributed by atoms with E-state index >= 15 is 0 Å². The molecule has 0 fully saturated rings. The van der Waals surface area contributed by atoms with E-state index in [0.717, 1.165) is 12.1 Å². The van der Waals surface area contributed by atoms with E-state index in [1.165, 1.54) is 6.08 Å². The number of rotatable bonds is 1. The number of halogens is 3. The highest BCUT2D eigenvalue weighted by Gasteiger charge is 2.13. The van der Waals surface area contributed by atoms with Crippen LogP contribution in [0.15, 0.2) is 41.7 Å². The maximum absolute atomic E-state index is 12.9. The Morgan fingerprint density at radius 2 is 1.69 bits per heavy atom. The van der Waals surface area contributed by atoms with Gasteiger partial charge in [-0.15, -0.1) is 0 Å². The lowest BCUT2D eigenvalue weighted by Gasteiger charge is -2.09. The number of hydrogen-bond acceptors (Lipinski definition) is 2. The van der Waals surface area contributed by atoms with Gasteiger partial charge in [-0.1, -0.05) is 6.58 Å². The van der Waals surface area contributed by atoms with Crippen molar-refractivity contribution in [3.8, 4) is 0 Å². The third-order valence-corrected chi connectivity index (χ3v) is 2.04. The molecule has 1 aliphatic rings. The molecule has 1 N–H and O–H groups in total. The second-order valence-electron chi connectivity index (χ2n) is 3.22. The van der Waals surface area contributed by atoms with Crippen LogP contribution in [0.25, 0.3) is 0 Å². The molecular formula is C11H7F3N2. The van der Waals surface area contributed by atoms with Gasteiger partial charge in [-0.2, -0.15) is 5.10 Å². The summed E-state index contributed by atoms with van der Waals surface area (Å²) in [7, 11) is 0. The third-order valence-electron chi connectivity index (χ3n) is 2.04. The van der Waals surface area contributed by atoms with E-state index in [1.54, 1.807) is 6.08 Å². The van der Waals surface area contributed by atoms with Crippen molar-refractivity contribution < 1.29 is 13.2 Å². The van der Waals surface area contributed by atoms with Crippen molar-refractivity contribution in [2.75, 3.05) is 0 Å². The molecule has 0 bridgehead atoms. The summed E-state index contributed by atoms with van der Waals surface area (Å²) in [5.74, 6) is -3.97. The summed E-state index contributed by atoms with van der Waals surface area (Å²) in [5, 5.41) is 3.82. The normalized spacial score (nSPS) is 14.7. The van der Waals surface area contributed by atoms with E-state index in [-0.39, 0.29) is 5.56 Å². The van der Waals surface area contributed by atoms with Gasteiger partial charge in [-0.25, -0.2) is 13.2 Å². The Bertz CT molecular complexity index is 495. The Morgan fingerprint density at radius 1 is 1.06 bits per heavy atom. The molecule has 0 radical (unpaired) electrons. The number of nitrogens with one attached hydrogen (secondary N) is 1. The smallest absolute Gasteiger partial charge is 0.194 e. The molecule has 82 valence electrons. The van der Waals surface area contributed by atoms with Crippen molar-refractivity contribution in [1.29, 1.82) is 0 Å². The molecule has 0 atom stereocenters. The fourth-order valence-corrected chi connectivity index (χ4v) is 1.25. The molecule has 1 aromatic rings. The van der Waals surface area contributed by atoms with E-state index in [1.807, 2.05) is 0 Å². The van der Waals surface area contributed by atoms with E-state index in [9.17, 15) is 13.2 Å². The van der Waals surface area contributed by atoms with Gasteiger partial charge in [-0.05, 0) is 24.3 Å². The molecule has 0 saturated heterocycles. The zero-order valence-electron chi connectivity index (χ0n) is 8.10. The van der Waals surface area contributed by atoms with Crippen LogP contribution in [-0.4, -0.2) is 5.71 Å². The number of nitrogens with zero attached hydrogens (tertiary/aromatic N) is 1. The van der Waals surface area contributed by atoms with Crippen LogP contribution < -0.4 is 5.43 Å².